The first-order valence-electron chi connectivity index (χ1n) is 10.7. The fourth-order valence-corrected chi connectivity index (χ4v) is 4.23. The van der Waals surface area contributed by atoms with E-state index in [1.54, 1.807) is 6.20 Å². The van der Waals surface area contributed by atoms with Gasteiger partial charge in [-0.1, -0.05) is 18.2 Å². The second-order valence-electron chi connectivity index (χ2n) is 8.46. The van der Waals surface area contributed by atoms with Gasteiger partial charge in [0.25, 0.3) is 5.91 Å². The molecule has 9 heteroatoms. The quantitative estimate of drug-likeness (QED) is 0.627. The van der Waals surface area contributed by atoms with E-state index in [2.05, 4.69) is 21.7 Å². The monoisotopic (exact) mass is 454 g/mol. The Morgan fingerprint density at radius 1 is 1.06 bits per heavy atom. The smallest absolute Gasteiger partial charge is 0.344 e. The van der Waals surface area contributed by atoms with Crippen molar-refractivity contribution in [3.63, 3.8) is 0 Å². The summed E-state index contributed by atoms with van der Waals surface area (Å²) in [7, 11) is 0. The molecule has 1 aliphatic heterocycles. The van der Waals surface area contributed by atoms with Crippen molar-refractivity contribution in [2.45, 2.75) is 43.4 Å². The third kappa shape index (κ3) is 3.99. The number of para-hydroxylation sites is 1. The second-order valence-corrected chi connectivity index (χ2v) is 8.46. The van der Waals surface area contributed by atoms with Crippen LogP contribution in [-0.2, 0) is 17.4 Å². The highest BCUT2D eigenvalue weighted by atomic mass is 19.4. The van der Waals surface area contributed by atoms with Crippen molar-refractivity contribution in [1.29, 1.82) is 0 Å². The van der Waals surface area contributed by atoms with Crippen LogP contribution in [0.1, 0.15) is 52.6 Å². The van der Waals surface area contributed by atoms with E-state index in [9.17, 15) is 22.8 Å². The van der Waals surface area contributed by atoms with Crippen LogP contribution in [0, 0.1) is 0 Å². The summed E-state index contributed by atoms with van der Waals surface area (Å²) in [5, 5.41) is 5.76. The van der Waals surface area contributed by atoms with Crippen molar-refractivity contribution >= 4 is 11.8 Å². The van der Waals surface area contributed by atoms with E-state index in [0.717, 1.165) is 47.8 Å². The number of nitrogens with zero attached hydrogens (tertiary/aromatic N) is 2. The van der Waals surface area contributed by atoms with E-state index in [0.29, 0.717) is 19.3 Å². The maximum atomic E-state index is 13.2. The molecule has 1 aromatic heterocycles. The molecular formula is C24H21F3N4O2. The number of benzene rings is 2. The summed E-state index contributed by atoms with van der Waals surface area (Å²) in [6, 6.07) is 11.6. The molecule has 0 saturated heterocycles. The van der Waals surface area contributed by atoms with Crippen LogP contribution < -0.4 is 10.6 Å². The van der Waals surface area contributed by atoms with Crippen molar-refractivity contribution in [3.8, 4) is 5.69 Å². The molecule has 2 amide bonds. The van der Waals surface area contributed by atoms with E-state index >= 15 is 0 Å². The largest absolute Gasteiger partial charge is 0.416 e. The number of aromatic nitrogens is 2. The lowest BCUT2D eigenvalue weighted by molar-refractivity contribution is -0.137. The molecule has 170 valence electrons. The van der Waals surface area contributed by atoms with Crippen LogP contribution in [0.15, 0.2) is 60.9 Å². The molecule has 2 aromatic carbocycles. The highest BCUT2D eigenvalue weighted by Crippen LogP contribution is 2.38. The number of imidazole rings is 1. The Hall–Kier alpha value is -3.62. The van der Waals surface area contributed by atoms with Gasteiger partial charge in [-0.15, -0.1) is 0 Å². The third-order valence-corrected chi connectivity index (χ3v) is 6.25. The van der Waals surface area contributed by atoms with Crippen LogP contribution in [0.25, 0.3) is 5.69 Å². The molecule has 1 atom stereocenters. The van der Waals surface area contributed by atoms with Crippen molar-refractivity contribution in [2.24, 2.45) is 0 Å². The summed E-state index contributed by atoms with van der Waals surface area (Å²) >= 11 is 0. The Bertz CT molecular complexity index is 1210. The third-order valence-electron chi connectivity index (χ3n) is 6.25. The number of halogens is 3. The van der Waals surface area contributed by atoms with Gasteiger partial charge in [-0.25, -0.2) is 4.98 Å². The SMILES string of the molecule is O=C(NC1(C(=O)NC2CCc3ccccc3-n3ccnc32)CC1)c1ccc(C(F)(F)F)cc1. The van der Waals surface area contributed by atoms with Gasteiger partial charge in [-0.05, 0) is 61.6 Å². The zero-order valence-corrected chi connectivity index (χ0v) is 17.5. The zero-order chi connectivity index (χ0) is 23.2. The number of carbonyl (C=O) groups excluding carboxylic acids is 2. The average molecular weight is 454 g/mol. The predicted octanol–water partition coefficient (Wildman–Crippen LogP) is 3.96. The molecule has 3 aromatic rings. The van der Waals surface area contributed by atoms with Gasteiger partial charge >= 0.3 is 6.18 Å². The van der Waals surface area contributed by atoms with Crippen molar-refractivity contribution in [3.05, 3.63) is 83.4 Å². The van der Waals surface area contributed by atoms with Gasteiger partial charge in [0.1, 0.15) is 11.4 Å². The Kier molecular flexibility index (Phi) is 4.99. The molecule has 2 aliphatic rings. The Balaban J connectivity index is 1.30. The van der Waals surface area contributed by atoms with Gasteiger partial charge in [0, 0.05) is 23.6 Å². The van der Waals surface area contributed by atoms with Gasteiger partial charge in [0.2, 0.25) is 5.91 Å². The molecule has 1 unspecified atom stereocenters. The van der Waals surface area contributed by atoms with E-state index in [-0.39, 0.29) is 17.5 Å². The second kappa shape index (κ2) is 7.75. The van der Waals surface area contributed by atoms with Crippen molar-refractivity contribution < 1.29 is 22.8 Å². The molecule has 0 radical (unpaired) electrons. The first-order valence-corrected chi connectivity index (χ1v) is 10.7. The van der Waals surface area contributed by atoms with Crippen LogP contribution in [0.2, 0.25) is 0 Å². The van der Waals surface area contributed by atoms with Crippen molar-refractivity contribution in [1.82, 2.24) is 20.2 Å². The predicted molar refractivity (Wildman–Crippen MR) is 114 cm³/mol. The van der Waals surface area contributed by atoms with Crippen LogP contribution in [0.3, 0.4) is 0 Å². The van der Waals surface area contributed by atoms with E-state index in [4.69, 9.17) is 0 Å². The lowest BCUT2D eigenvalue weighted by atomic mass is 10.0. The van der Waals surface area contributed by atoms with Gasteiger partial charge in [0.15, 0.2) is 0 Å². The average Bonchev–Trinajstić information content (AvgIpc) is 3.45. The summed E-state index contributed by atoms with van der Waals surface area (Å²) in [6.45, 7) is 0. The molecule has 1 fully saturated rings. The number of fused-ring (bicyclic) bond motifs is 3. The topological polar surface area (TPSA) is 76.0 Å². The van der Waals surface area contributed by atoms with Crippen molar-refractivity contribution in [2.75, 3.05) is 0 Å². The number of aryl methyl sites for hydroxylation is 1. The van der Waals surface area contributed by atoms with Crippen LogP contribution in [0.5, 0.6) is 0 Å². The highest BCUT2D eigenvalue weighted by molar-refractivity contribution is 6.00. The molecule has 0 bridgehead atoms. The van der Waals surface area contributed by atoms with Crippen LogP contribution in [-0.4, -0.2) is 26.9 Å². The maximum Gasteiger partial charge on any atom is 0.416 e. The maximum absolute atomic E-state index is 13.2. The van der Waals surface area contributed by atoms with Crippen LogP contribution >= 0.6 is 0 Å². The molecule has 1 saturated carbocycles. The standard InChI is InChI=1S/C24H21F3N4O2/c25-24(26,27)17-8-5-16(6-9-17)21(32)30-23(11-12-23)22(33)29-18-10-7-15-3-1-2-4-19(15)31-14-13-28-20(18)31/h1-6,8-9,13-14,18H,7,10-12H2,(H,29,33)(H,30,32). The Morgan fingerprint density at radius 2 is 1.79 bits per heavy atom. The number of hydrogen-bond donors (Lipinski definition) is 2. The molecule has 6 nitrogen and oxygen atoms in total. The van der Waals surface area contributed by atoms with E-state index in [1.807, 2.05) is 29.0 Å². The molecule has 5 rings (SSSR count). The minimum absolute atomic E-state index is 0.0718. The number of rotatable bonds is 4. The van der Waals surface area contributed by atoms with E-state index < -0.39 is 23.2 Å². The minimum Gasteiger partial charge on any atom is -0.344 e. The van der Waals surface area contributed by atoms with Gasteiger partial charge in [-0.2, -0.15) is 13.2 Å². The van der Waals surface area contributed by atoms with Gasteiger partial charge < -0.3 is 15.2 Å². The normalized spacial score (nSPS) is 18.5. The Labute approximate surface area is 187 Å². The molecule has 33 heavy (non-hydrogen) atoms. The summed E-state index contributed by atoms with van der Waals surface area (Å²) in [5.74, 6) is -0.169. The van der Waals surface area contributed by atoms with Gasteiger partial charge in [-0.3, -0.25) is 9.59 Å². The zero-order valence-electron chi connectivity index (χ0n) is 17.5. The lowest BCUT2D eigenvalue weighted by Gasteiger charge is -2.22. The summed E-state index contributed by atoms with van der Waals surface area (Å²) < 4.78 is 40.3. The Morgan fingerprint density at radius 3 is 2.48 bits per heavy atom. The summed E-state index contributed by atoms with van der Waals surface area (Å²) in [5.41, 5.74) is 0.366. The fourth-order valence-electron chi connectivity index (χ4n) is 4.23. The number of hydrogen-bond acceptors (Lipinski definition) is 3. The number of amides is 2. The molecule has 1 aliphatic carbocycles. The summed E-state index contributed by atoms with van der Waals surface area (Å²) in [6.07, 6.45) is 1.42. The number of nitrogens with one attached hydrogen (secondary N) is 2. The first kappa shape index (κ1) is 21.2. The molecule has 2 N–H and O–H groups in total. The molecule has 0 spiro atoms. The van der Waals surface area contributed by atoms with Gasteiger partial charge in [0.05, 0.1) is 11.6 Å². The number of carbonyl (C=O) groups is 2. The van der Waals surface area contributed by atoms with E-state index in [1.165, 1.54) is 0 Å². The molecule has 2 heterocycles. The first-order chi connectivity index (χ1) is 15.8. The summed E-state index contributed by atoms with van der Waals surface area (Å²) in [4.78, 5) is 30.2. The lowest BCUT2D eigenvalue weighted by Crippen LogP contribution is -2.50. The number of alkyl halides is 3. The fraction of sp³-hybridized carbons (Fsp3) is 0.292. The minimum atomic E-state index is -4.48. The van der Waals surface area contributed by atoms with Crippen LogP contribution in [0.4, 0.5) is 13.2 Å². The highest BCUT2D eigenvalue weighted by Gasteiger charge is 2.52. The molecular weight excluding hydrogens is 433 g/mol.